The van der Waals surface area contributed by atoms with Crippen molar-refractivity contribution < 1.29 is 14.3 Å². The smallest absolute Gasteiger partial charge is 0.236 e. The van der Waals surface area contributed by atoms with E-state index in [1.165, 1.54) is 0 Å². The highest BCUT2D eigenvalue weighted by Gasteiger charge is 2.17. The van der Waals surface area contributed by atoms with Crippen LogP contribution in [0.1, 0.15) is 13.8 Å². The van der Waals surface area contributed by atoms with E-state index in [9.17, 15) is 4.79 Å². The third-order valence-corrected chi connectivity index (χ3v) is 2.28. The van der Waals surface area contributed by atoms with Crippen LogP contribution in [0.15, 0.2) is 0 Å². The molecular weight excluding hydrogens is 196 g/mol. The van der Waals surface area contributed by atoms with Crippen LogP contribution in [0.5, 0.6) is 0 Å². The van der Waals surface area contributed by atoms with Gasteiger partial charge in [0.15, 0.2) is 0 Å². The molecule has 1 fully saturated rings. The van der Waals surface area contributed by atoms with Gasteiger partial charge in [-0.1, -0.05) is 0 Å². The molecule has 88 valence electrons. The molecule has 1 heterocycles. The Morgan fingerprint density at radius 1 is 1.53 bits per heavy atom. The minimum atomic E-state index is -0.185. The second kappa shape index (κ2) is 6.76. The van der Waals surface area contributed by atoms with Gasteiger partial charge in [0.1, 0.15) is 0 Å². The lowest BCUT2D eigenvalue weighted by Crippen LogP contribution is -2.47. The van der Waals surface area contributed by atoms with Gasteiger partial charge in [-0.3, -0.25) is 4.79 Å². The average Bonchev–Trinajstić information content (AvgIpc) is 2.27. The van der Waals surface area contributed by atoms with Crippen LogP contribution >= 0.6 is 0 Å². The van der Waals surface area contributed by atoms with Crippen molar-refractivity contribution >= 4 is 5.91 Å². The summed E-state index contributed by atoms with van der Waals surface area (Å²) < 4.78 is 10.7. The maximum absolute atomic E-state index is 11.4. The normalized spacial score (nSPS) is 23.5. The molecule has 1 saturated heterocycles. The van der Waals surface area contributed by atoms with E-state index < -0.39 is 0 Å². The Kier molecular flexibility index (Phi) is 5.60. The molecular formula is C10H20N2O3. The lowest BCUT2D eigenvalue weighted by atomic mass is 10.2. The van der Waals surface area contributed by atoms with Crippen LogP contribution in [0.4, 0.5) is 0 Å². The zero-order chi connectivity index (χ0) is 11.1. The summed E-state index contributed by atoms with van der Waals surface area (Å²) in [6.07, 6.45) is 0.0654. The number of carbonyl (C=O) groups is 1. The topological polar surface area (TPSA) is 59.6 Å². The van der Waals surface area contributed by atoms with E-state index in [0.717, 1.165) is 0 Å². The number of amides is 1. The molecule has 1 aliphatic heterocycles. The summed E-state index contributed by atoms with van der Waals surface area (Å²) in [6, 6.07) is -0.185. The van der Waals surface area contributed by atoms with Gasteiger partial charge in [0.25, 0.3) is 0 Å². The van der Waals surface area contributed by atoms with Gasteiger partial charge < -0.3 is 20.1 Å². The zero-order valence-electron chi connectivity index (χ0n) is 9.41. The average molecular weight is 216 g/mol. The van der Waals surface area contributed by atoms with Gasteiger partial charge in [-0.05, 0) is 13.8 Å². The molecule has 1 aliphatic rings. The minimum absolute atomic E-state index is 0.0224. The van der Waals surface area contributed by atoms with Gasteiger partial charge >= 0.3 is 0 Å². The molecule has 0 aliphatic carbocycles. The van der Waals surface area contributed by atoms with E-state index in [4.69, 9.17) is 9.47 Å². The second-order valence-electron chi connectivity index (χ2n) is 3.59. The van der Waals surface area contributed by atoms with Crippen LogP contribution < -0.4 is 10.6 Å². The number of carbonyl (C=O) groups excluding carboxylic acids is 1. The van der Waals surface area contributed by atoms with Crippen molar-refractivity contribution in [2.75, 3.05) is 32.9 Å². The first kappa shape index (κ1) is 12.4. The standard InChI is InChI=1S/C10H20N2O3/c1-3-11-10(13)8(2)12-6-9-7-14-4-5-15-9/h8-9,12H,3-7H2,1-2H3,(H,11,13). The molecule has 0 aromatic carbocycles. The Balaban J connectivity index is 2.14. The van der Waals surface area contributed by atoms with Crippen LogP contribution in [-0.2, 0) is 14.3 Å². The van der Waals surface area contributed by atoms with Crippen molar-refractivity contribution in [2.45, 2.75) is 26.0 Å². The summed E-state index contributed by atoms with van der Waals surface area (Å²) in [5, 5.41) is 5.88. The van der Waals surface area contributed by atoms with E-state index in [1.807, 2.05) is 13.8 Å². The molecule has 2 atom stereocenters. The Labute approximate surface area is 90.5 Å². The van der Waals surface area contributed by atoms with E-state index >= 15 is 0 Å². The van der Waals surface area contributed by atoms with E-state index in [2.05, 4.69) is 10.6 Å². The lowest BCUT2D eigenvalue weighted by Gasteiger charge is -2.24. The fourth-order valence-electron chi connectivity index (χ4n) is 1.38. The van der Waals surface area contributed by atoms with Crippen LogP contribution in [0.25, 0.3) is 0 Å². The summed E-state index contributed by atoms with van der Waals surface area (Å²) in [5.74, 6) is 0.0224. The van der Waals surface area contributed by atoms with Crippen LogP contribution in [-0.4, -0.2) is 51.0 Å². The van der Waals surface area contributed by atoms with E-state index in [0.29, 0.717) is 32.9 Å². The van der Waals surface area contributed by atoms with Gasteiger partial charge in [0.05, 0.1) is 32.0 Å². The van der Waals surface area contributed by atoms with Crippen LogP contribution in [0.2, 0.25) is 0 Å². The minimum Gasteiger partial charge on any atom is -0.376 e. The highest BCUT2D eigenvalue weighted by Crippen LogP contribution is 1.99. The van der Waals surface area contributed by atoms with E-state index in [-0.39, 0.29) is 18.1 Å². The predicted molar refractivity (Wildman–Crippen MR) is 56.7 cm³/mol. The number of ether oxygens (including phenoxy) is 2. The molecule has 5 nitrogen and oxygen atoms in total. The molecule has 0 spiro atoms. The van der Waals surface area contributed by atoms with Crippen LogP contribution in [0, 0.1) is 0 Å². The zero-order valence-corrected chi connectivity index (χ0v) is 9.41. The molecule has 2 unspecified atom stereocenters. The molecule has 0 radical (unpaired) electrons. The molecule has 0 saturated carbocycles. The number of hydrogen-bond acceptors (Lipinski definition) is 4. The number of likely N-dealkylation sites (N-methyl/N-ethyl adjacent to an activating group) is 1. The molecule has 0 bridgehead atoms. The Bertz CT molecular complexity index is 193. The summed E-state index contributed by atoms with van der Waals surface area (Å²) in [6.45, 7) is 6.98. The predicted octanol–water partition coefficient (Wildman–Crippen LogP) is -0.484. The first-order valence-electron chi connectivity index (χ1n) is 5.44. The molecule has 1 rings (SSSR count). The molecule has 0 aromatic rings. The first-order chi connectivity index (χ1) is 7.24. The Hall–Kier alpha value is -0.650. The summed E-state index contributed by atoms with van der Waals surface area (Å²) in [4.78, 5) is 11.4. The lowest BCUT2D eigenvalue weighted by molar-refractivity contribution is -0.123. The number of hydrogen-bond donors (Lipinski definition) is 2. The Morgan fingerprint density at radius 2 is 2.33 bits per heavy atom. The highest BCUT2D eigenvalue weighted by atomic mass is 16.6. The third-order valence-electron chi connectivity index (χ3n) is 2.28. The molecule has 5 heteroatoms. The van der Waals surface area contributed by atoms with Crippen molar-refractivity contribution in [3.8, 4) is 0 Å². The van der Waals surface area contributed by atoms with Crippen LogP contribution in [0.3, 0.4) is 0 Å². The van der Waals surface area contributed by atoms with Gasteiger partial charge in [-0.25, -0.2) is 0 Å². The monoisotopic (exact) mass is 216 g/mol. The summed E-state index contributed by atoms with van der Waals surface area (Å²) >= 11 is 0. The first-order valence-corrected chi connectivity index (χ1v) is 5.44. The van der Waals surface area contributed by atoms with Gasteiger partial charge in [0, 0.05) is 13.1 Å². The molecule has 2 N–H and O–H groups in total. The fraction of sp³-hybridized carbons (Fsp3) is 0.900. The Morgan fingerprint density at radius 3 is 2.93 bits per heavy atom. The van der Waals surface area contributed by atoms with Gasteiger partial charge in [0.2, 0.25) is 5.91 Å². The van der Waals surface area contributed by atoms with Gasteiger partial charge in [-0.15, -0.1) is 0 Å². The van der Waals surface area contributed by atoms with E-state index in [1.54, 1.807) is 0 Å². The number of nitrogens with one attached hydrogen (secondary N) is 2. The molecule has 15 heavy (non-hydrogen) atoms. The molecule has 0 aromatic heterocycles. The van der Waals surface area contributed by atoms with Gasteiger partial charge in [-0.2, -0.15) is 0 Å². The van der Waals surface area contributed by atoms with Crippen molar-refractivity contribution in [1.29, 1.82) is 0 Å². The van der Waals surface area contributed by atoms with Crippen molar-refractivity contribution in [2.24, 2.45) is 0 Å². The quantitative estimate of drug-likeness (QED) is 0.651. The summed E-state index contributed by atoms with van der Waals surface area (Å²) in [5.41, 5.74) is 0. The SMILES string of the molecule is CCNC(=O)C(C)NCC1COCCO1. The summed E-state index contributed by atoms with van der Waals surface area (Å²) in [7, 11) is 0. The third kappa shape index (κ3) is 4.59. The largest absolute Gasteiger partial charge is 0.376 e. The van der Waals surface area contributed by atoms with Crippen molar-refractivity contribution in [3.05, 3.63) is 0 Å². The number of rotatable bonds is 5. The second-order valence-corrected chi connectivity index (χ2v) is 3.59. The highest BCUT2D eigenvalue weighted by molar-refractivity contribution is 5.81. The molecule has 1 amide bonds. The van der Waals surface area contributed by atoms with Crippen molar-refractivity contribution in [3.63, 3.8) is 0 Å². The fourth-order valence-corrected chi connectivity index (χ4v) is 1.38. The maximum atomic E-state index is 11.4. The maximum Gasteiger partial charge on any atom is 0.236 e. The van der Waals surface area contributed by atoms with Crippen molar-refractivity contribution in [1.82, 2.24) is 10.6 Å².